The number of aryl methyl sites for hydroxylation is 1. The number of halogens is 3. The van der Waals surface area contributed by atoms with E-state index >= 15 is 0 Å². The molecule has 2 rings (SSSR count). The van der Waals surface area contributed by atoms with Crippen molar-refractivity contribution in [1.82, 2.24) is 9.78 Å². The zero-order valence-corrected chi connectivity index (χ0v) is 12.6. The molecule has 0 saturated carbocycles. The van der Waals surface area contributed by atoms with Crippen LogP contribution in [0.15, 0.2) is 18.2 Å². The standard InChI is InChI=1S/C14H15Cl2FN2/c1-8(15)14-9(2)18-19(10(14)3)7-11-4-5-12(16)13(17)6-11/h4-6,8H,7H2,1-3H3. The molecule has 1 atom stereocenters. The van der Waals surface area contributed by atoms with Gasteiger partial charge in [-0.1, -0.05) is 17.7 Å². The van der Waals surface area contributed by atoms with Gasteiger partial charge in [0.2, 0.25) is 0 Å². The second-order valence-corrected chi connectivity index (χ2v) is 5.67. The van der Waals surface area contributed by atoms with E-state index in [1.54, 1.807) is 12.1 Å². The highest BCUT2D eigenvalue weighted by atomic mass is 35.5. The Labute approximate surface area is 122 Å². The van der Waals surface area contributed by atoms with Gasteiger partial charge in [-0.25, -0.2) is 4.39 Å². The summed E-state index contributed by atoms with van der Waals surface area (Å²) < 4.78 is 15.3. The molecule has 2 aromatic rings. The van der Waals surface area contributed by atoms with Gasteiger partial charge in [-0.15, -0.1) is 11.6 Å². The van der Waals surface area contributed by atoms with Crippen molar-refractivity contribution in [2.24, 2.45) is 0 Å². The molecule has 0 amide bonds. The van der Waals surface area contributed by atoms with Crippen LogP contribution in [0.4, 0.5) is 4.39 Å². The molecule has 1 aromatic heterocycles. The molecule has 5 heteroatoms. The van der Waals surface area contributed by atoms with Gasteiger partial charge < -0.3 is 0 Å². The van der Waals surface area contributed by atoms with Crippen LogP contribution in [0.25, 0.3) is 0 Å². The Kier molecular flexibility index (Phi) is 4.16. The Bertz CT molecular complexity index is 606. The summed E-state index contributed by atoms with van der Waals surface area (Å²) >= 11 is 11.8. The summed E-state index contributed by atoms with van der Waals surface area (Å²) in [5.41, 5.74) is 3.78. The van der Waals surface area contributed by atoms with Crippen LogP contribution in [0, 0.1) is 19.7 Å². The van der Waals surface area contributed by atoms with Crippen LogP contribution in [0.1, 0.15) is 34.8 Å². The molecule has 0 spiro atoms. The van der Waals surface area contributed by atoms with Crippen molar-refractivity contribution >= 4 is 23.2 Å². The van der Waals surface area contributed by atoms with Crippen molar-refractivity contribution in [3.05, 3.63) is 51.6 Å². The number of benzene rings is 1. The van der Waals surface area contributed by atoms with Gasteiger partial charge in [0.15, 0.2) is 0 Å². The van der Waals surface area contributed by atoms with E-state index in [1.807, 2.05) is 25.5 Å². The van der Waals surface area contributed by atoms with Crippen LogP contribution >= 0.6 is 23.2 Å². The first-order valence-electron chi connectivity index (χ1n) is 6.02. The molecule has 0 aliphatic carbocycles. The van der Waals surface area contributed by atoms with Gasteiger partial charge in [0, 0.05) is 11.3 Å². The predicted molar refractivity (Wildman–Crippen MR) is 76.5 cm³/mol. The molecule has 102 valence electrons. The average Bonchev–Trinajstić information content (AvgIpc) is 2.59. The minimum Gasteiger partial charge on any atom is -0.265 e. The van der Waals surface area contributed by atoms with E-state index in [4.69, 9.17) is 23.2 Å². The summed E-state index contributed by atoms with van der Waals surface area (Å²) in [5.74, 6) is -0.411. The van der Waals surface area contributed by atoms with Crippen molar-refractivity contribution in [2.75, 3.05) is 0 Å². The zero-order chi connectivity index (χ0) is 14.2. The van der Waals surface area contributed by atoms with Crippen LogP contribution < -0.4 is 0 Å². The van der Waals surface area contributed by atoms with Gasteiger partial charge in [0.1, 0.15) is 5.82 Å². The maximum Gasteiger partial charge on any atom is 0.142 e. The zero-order valence-electron chi connectivity index (χ0n) is 11.0. The van der Waals surface area contributed by atoms with Crippen LogP contribution in [-0.2, 0) is 6.54 Å². The Morgan fingerprint density at radius 1 is 1.37 bits per heavy atom. The minimum absolute atomic E-state index is 0.0873. The predicted octanol–water partition coefficient (Wildman–Crippen LogP) is 4.64. The largest absolute Gasteiger partial charge is 0.265 e. The number of aromatic nitrogens is 2. The van der Waals surface area contributed by atoms with E-state index in [-0.39, 0.29) is 10.4 Å². The van der Waals surface area contributed by atoms with Gasteiger partial charge in [-0.05, 0) is 38.5 Å². The fourth-order valence-electron chi connectivity index (χ4n) is 2.25. The number of rotatable bonds is 3. The summed E-state index contributed by atoms with van der Waals surface area (Å²) in [6, 6.07) is 4.79. The molecular formula is C14H15Cl2FN2. The number of nitrogens with zero attached hydrogens (tertiary/aromatic N) is 2. The topological polar surface area (TPSA) is 17.8 Å². The fraction of sp³-hybridized carbons (Fsp3) is 0.357. The molecule has 19 heavy (non-hydrogen) atoms. The summed E-state index contributed by atoms with van der Waals surface area (Å²) in [6.07, 6.45) is 0. The smallest absolute Gasteiger partial charge is 0.142 e. The number of alkyl halides is 1. The monoisotopic (exact) mass is 300 g/mol. The van der Waals surface area contributed by atoms with E-state index in [2.05, 4.69) is 5.10 Å². The van der Waals surface area contributed by atoms with Crippen molar-refractivity contribution < 1.29 is 4.39 Å². The number of hydrogen-bond donors (Lipinski definition) is 0. The Morgan fingerprint density at radius 3 is 2.58 bits per heavy atom. The first kappa shape index (κ1) is 14.4. The van der Waals surface area contributed by atoms with E-state index < -0.39 is 5.82 Å². The quantitative estimate of drug-likeness (QED) is 0.755. The van der Waals surface area contributed by atoms with Crippen molar-refractivity contribution in [3.63, 3.8) is 0 Å². The van der Waals surface area contributed by atoms with Gasteiger partial charge in [-0.2, -0.15) is 5.10 Å². The van der Waals surface area contributed by atoms with E-state index in [9.17, 15) is 4.39 Å². The molecule has 2 nitrogen and oxygen atoms in total. The molecule has 1 heterocycles. The first-order chi connectivity index (χ1) is 8.90. The van der Waals surface area contributed by atoms with Gasteiger partial charge >= 0.3 is 0 Å². The lowest BCUT2D eigenvalue weighted by Crippen LogP contribution is -2.04. The van der Waals surface area contributed by atoms with Crippen LogP contribution in [0.3, 0.4) is 0 Å². The molecule has 0 fully saturated rings. The lowest BCUT2D eigenvalue weighted by atomic mass is 10.1. The Hall–Kier alpha value is -1.06. The average molecular weight is 301 g/mol. The fourth-order valence-corrected chi connectivity index (χ4v) is 2.68. The van der Waals surface area contributed by atoms with Crippen molar-refractivity contribution in [2.45, 2.75) is 32.7 Å². The molecule has 1 aromatic carbocycles. The van der Waals surface area contributed by atoms with Crippen LogP contribution in [0.2, 0.25) is 5.02 Å². The van der Waals surface area contributed by atoms with E-state index in [1.165, 1.54) is 6.07 Å². The number of hydrogen-bond acceptors (Lipinski definition) is 1. The molecule has 0 N–H and O–H groups in total. The highest BCUT2D eigenvalue weighted by Gasteiger charge is 2.16. The Balaban J connectivity index is 2.33. The molecular weight excluding hydrogens is 286 g/mol. The van der Waals surface area contributed by atoms with E-state index in [0.29, 0.717) is 6.54 Å². The summed E-state index contributed by atoms with van der Waals surface area (Å²) in [7, 11) is 0. The minimum atomic E-state index is -0.411. The van der Waals surface area contributed by atoms with Gasteiger partial charge in [0.25, 0.3) is 0 Å². The van der Waals surface area contributed by atoms with Gasteiger partial charge in [-0.3, -0.25) is 4.68 Å². The lowest BCUT2D eigenvalue weighted by Gasteiger charge is -2.07. The third-order valence-corrected chi connectivity index (χ3v) is 3.68. The second kappa shape index (κ2) is 5.51. The third-order valence-electron chi connectivity index (χ3n) is 3.15. The summed E-state index contributed by atoms with van der Waals surface area (Å²) in [4.78, 5) is 0. The second-order valence-electron chi connectivity index (χ2n) is 4.61. The first-order valence-corrected chi connectivity index (χ1v) is 6.83. The molecule has 0 radical (unpaired) electrons. The highest BCUT2D eigenvalue weighted by molar-refractivity contribution is 6.30. The van der Waals surface area contributed by atoms with Crippen molar-refractivity contribution in [1.29, 1.82) is 0 Å². The SMILES string of the molecule is Cc1nn(Cc2ccc(Cl)c(F)c2)c(C)c1C(C)Cl. The molecule has 0 saturated heterocycles. The summed E-state index contributed by atoms with van der Waals surface area (Å²) in [6.45, 7) is 6.33. The van der Waals surface area contributed by atoms with Crippen LogP contribution in [0.5, 0.6) is 0 Å². The lowest BCUT2D eigenvalue weighted by molar-refractivity contribution is 0.616. The molecule has 1 unspecified atom stereocenters. The maximum atomic E-state index is 13.4. The highest BCUT2D eigenvalue weighted by Crippen LogP contribution is 2.26. The van der Waals surface area contributed by atoms with E-state index in [0.717, 1.165) is 22.5 Å². The normalized spacial score (nSPS) is 12.7. The summed E-state index contributed by atoms with van der Waals surface area (Å²) in [5, 5.41) is 4.50. The van der Waals surface area contributed by atoms with Crippen molar-refractivity contribution in [3.8, 4) is 0 Å². The molecule has 0 aliphatic heterocycles. The van der Waals surface area contributed by atoms with Crippen LogP contribution in [-0.4, -0.2) is 9.78 Å². The van der Waals surface area contributed by atoms with Gasteiger partial charge in [0.05, 0.1) is 22.6 Å². The third kappa shape index (κ3) is 2.93. The maximum absolute atomic E-state index is 13.4. The molecule has 0 aliphatic rings. The molecule has 0 bridgehead atoms. The Morgan fingerprint density at radius 2 is 2.05 bits per heavy atom.